The lowest BCUT2D eigenvalue weighted by Crippen LogP contribution is -2.37. The van der Waals surface area contributed by atoms with Gasteiger partial charge in [0.15, 0.2) is 0 Å². The highest BCUT2D eigenvalue weighted by molar-refractivity contribution is 5.76. The van der Waals surface area contributed by atoms with Crippen molar-refractivity contribution in [1.29, 1.82) is 0 Å². The van der Waals surface area contributed by atoms with Gasteiger partial charge in [0.2, 0.25) is 5.91 Å². The normalized spacial score (nSPS) is 19.8. The number of carbonyl (C=O) groups is 1. The van der Waals surface area contributed by atoms with Crippen LogP contribution in [0.2, 0.25) is 0 Å². The Kier molecular flexibility index (Phi) is 5.60. The lowest BCUT2D eigenvalue weighted by Gasteiger charge is -2.30. The summed E-state index contributed by atoms with van der Waals surface area (Å²) in [6.45, 7) is 8.20. The van der Waals surface area contributed by atoms with Gasteiger partial charge in [-0.25, -0.2) is 0 Å². The number of nitrogens with zero attached hydrogens (tertiary/aromatic N) is 1. The molecule has 0 aliphatic carbocycles. The van der Waals surface area contributed by atoms with E-state index < -0.39 is 0 Å². The Bertz CT molecular complexity index is 444. The maximum absolute atomic E-state index is 11.9. The number of amides is 1. The molecule has 1 atom stereocenters. The number of hydrogen-bond donors (Lipinski definition) is 1. The van der Waals surface area contributed by atoms with Gasteiger partial charge in [-0.15, -0.1) is 0 Å². The zero-order valence-electron chi connectivity index (χ0n) is 12.7. The van der Waals surface area contributed by atoms with Crippen molar-refractivity contribution in [2.24, 2.45) is 5.92 Å². The predicted molar refractivity (Wildman–Crippen MR) is 82.5 cm³/mol. The van der Waals surface area contributed by atoms with E-state index in [1.165, 1.54) is 24.0 Å². The number of rotatable bonds is 5. The van der Waals surface area contributed by atoms with E-state index in [0.717, 1.165) is 25.6 Å². The van der Waals surface area contributed by atoms with E-state index in [-0.39, 0.29) is 5.91 Å². The van der Waals surface area contributed by atoms with Crippen LogP contribution in [0.5, 0.6) is 0 Å². The van der Waals surface area contributed by atoms with E-state index in [4.69, 9.17) is 0 Å². The fourth-order valence-corrected chi connectivity index (χ4v) is 2.84. The van der Waals surface area contributed by atoms with Crippen molar-refractivity contribution in [2.75, 3.05) is 19.6 Å². The minimum atomic E-state index is 0.159. The van der Waals surface area contributed by atoms with E-state index >= 15 is 0 Å². The van der Waals surface area contributed by atoms with E-state index in [1.807, 2.05) is 12.1 Å². The number of piperidine rings is 1. The molecule has 1 aromatic rings. The summed E-state index contributed by atoms with van der Waals surface area (Å²) in [6.07, 6.45) is 3.21. The van der Waals surface area contributed by atoms with Crippen LogP contribution in [-0.4, -0.2) is 30.4 Å². The topological polar surface area (TPSA) is 32.3 Å². The molecule has 0 radical (unpaired) electrons. The van der Waals surface area contributed by atoms with Crippen LogP contribution in [0.1, 0.15) is 37.3 Å². The quantitative estimate of drug-likeness (QED) is 0.895. The van der Waals surface area contributed by atoms with Gasteiger partial charge < -0.3 is 10.2 Å². The molecule has 3 heteroatoms. The zero-order valence-corrected chi connectivity index (χ0v) is 12.7. The molecule has 20 heavy (non-hydrogen) atoms. The Morgan fingerprint density at radius 1 is 1.40 bits per heavy atom. The summed E-state index contributed by atoms with van der Waals surface area (Å²) in [7, 11) is 0. The van der Waals surface area contributed by atoms with E-state index in [1.54, 1.807) is 0 Å². The van der Waals surface area contributed by atoms with Crippen LogP contribution in [0.15, 0.2) is 24.3 Å². The third-order valence-corrected chi connectivity index (χ3v) is 4.13. The van der Waals surface area contributed by atoms with Crippen LogP contribution in [0.25, 0.3) is 0 Å². The molecule has 1 heterocycles. The average Bonchev–Trinajstić information content (AvgIpc) is 2.44. The summed E-state index contributed by atoms with van der Waals surface area (Å²) in [5.74, 6) is 0.935. The van der Waals surface area contributed by atoms with Crippen molar-refractivity contribution in [1.82, 2.24) is 10.2 Å². The lowest BCUT2D eigenvalue weighted by atomic mass is 10.0. The molecule has 2 rings (SSSR count). The first kappa shape index (κ1) is 15.0. The van der Waals surface area contributed by atoms with Crippen LogP contribution in [0.3, 0.4) is 0 Å². The molecule has 0 spiro atoms. The van der Waals surface area contributed by atoms with Gasteiger partial charge >= 0.3 is 0 Å². The zero-order chi connectivity index (χ0) is 14.4. The molecule has 110 valence electrons. The summed E-state index contributed by atoms with van der Waals surface area (Å²) in [6, 6.07) is 8.19. The first-order valence-corrected chi connectivity index (χ1v) is 7.68. The summed E-state index contributed by atoms with van der Waals surface area (Å²) in [5, 5.41) is 3.02. The highest BCUT2D eigenvalue weighted by atomic mass is 16.1. The number of benzene rings is 1. The number of carbonyl (C=O) groups excluding carboxylic acids is 1. The van der Waals surface area contributed by atoms with Gasteiger partial charge in [-0.3, -0.25) is 4.79 Å². The second-order valence-corrected chi connectivity index (χ2v) is 6.00. The molecule has 1 amide bonds. The minimum Gasteiger partial charge on any atom is -0.352 e. The molecule has 0 aromatic heterocycles. The third-order valence-electron chi connectivity index (χ3n) is 4.13. The first-order chi connectivity index (χ1) is 9.65. The standard InChI is InChI=1S/C17H26N2O/c1-14-6-5-10-19(13-14)11-9-17(20)18-12-16-8-4-3-7-15(16)2/h3-4,7-8,14H,5-6,9-13H2,1-2H3,(H,18,20). The molecule has 1 aliphatic heterocycles. The van der Waals surface area contributed by atoms with Gasteiger partial charge in [-0.05, 0) is 43.4 Å². The first-order valence-electron chi connectivity index (χ1n) is 7.68. The Morgan fingerprint density at radius 3 is 2.95 bits per heavy atom. The Labute approximate surface area is 122 Å². The van der Waals surface area contributed by atoms with Crippen molar-refractivity contribution < 1.29 is 4.79 Å². The molecular formula is C17H26N2O. The molecule has 1 aliphatic rings. The SMILES string of the molecule is Cc1ccccc1CNC(=O)CCN1CCCC(C)C1. The van der Waals surface area contributed by atoms with E-state index in [9.17, 15) is 4.79 Å². The monoisotopic (exact) mass is 274 g/mol. The van der Waals surface area contributed by atoms with Gasteiger partial charge in [0.25, 0.3) is 0 Å². The molecule has 1 saturated heterocycles. The number of hydrogen-bond acceptors (Lipinski definition) is 2. The van der Waals surface area contributed by atoms with Crippen molar-refractivity contribution in [3.05, 3.63) is 35.4 Å². The van der Waals surface area contributed by atoms with E-state index in [0.29, 0.717) is 13.0 Å². The third kappa shape index (κ3) is 4.64. The Morgan fingerprint density at radius 2 is 2.20 bits per heavy atom. The molecule has 1 N–H and O–H groups in total. The summed E-state index contributed by atoms with van der Waals surface area (Å²) in [4.78, 5) is 14.3. The number of likely N-dealkylation sites (tertiary alicyclic amines) is 1. The predicted octanol–water partition coefficient (Wildman–Crippen LogP) is 2.73. The maximum atomic E-state index is 11.9. The van der Waals surface area contributed by atoms with E-state index in [2.05, 4.69) is 36.2 Å². The molecule has 1 aromatic carbocycles. The minimum absolute atomic E-state index is 0.159. The van der Waals surface area contributed by atoms with Gasteiger partial charge in [0.1, 0.15) is 0 Å². The van der Waals surface area contributed by atoms with Crippen LogP contribution >= 0.6 is 0 Å². The molecule has 1 fully saturated rings. The van der Waals surface area contributed by atoms with Crippen molar-refractivity contribution in [3.8, 4) is 0 Å². The molecule has 1 unspecified atom stereocenters. The fourth-order valence-electron chi connectivity index (χ4n) is 2.84. The fraction of sp³-hybridized carbons (Fsp3) is 0.588. The number of nitrogens with one attached hydrogen (secondary N) is 1. The highest BCUT2D eigenvalue weighted by Crippen LogP contribution is 2.15. The van der Waals surface area contributed by atoms with Crippen LogP contribution < -0.4 is 5.32 Å². The Hall–Kier alpha value is -1.35. The molecule has 0 saturated carbocycles. The molecule has 0 bridgehead atoms. The summed E-state index contributed by atoms with van der Waals surface area (Å²) in [5.41, 5.74) is 2.44. The van der Waals surface area contributed by atoms with Crippen LogP contribution in [-0.2, 0) is 11.3 Å². The molecule has 3 nitrogen and oxygen atoms in total. The van der Waals surface area contributed by atoms with Crippen molar-refractivity contribution in [3.63, 3.8) is 0 Å². The largest absolute Gasteiger partial charge is 0.352 e. The number of aryl methyl sites for hydroxylation is 1. The van der Waals surface area contributed by atoms with Gasteiger partial charge in [0, 0.05) is 26.1 Å². The lowest BCUT2D eigenvalue weighted by molar-refractivity contribution is -0.121. The van der Waals surface area contributed by atoms with Gasteiger partial charge in [-0.1, -0.05) is 31.2 Å². The Balaban J connectivity index is 1.69. The summed E-state index contributed by atoms with van der Waals surface area (Å²) >= 11 is 0. The highest BCUT2D eigenvalue weighted by Gasteiger charge is 2.16. The van der Waals surface area contributed by atoms with Crippen LogP contribution in [0.4, 0.5) is 0 Å². The van der Waals surface area contributed by atoms with Gasteiger partial charge in [0.05, 0.1) is 0 Å². The van der Waals surface area contributed by atoms with Crippen LogP contribution in [0, 0.1) is 12.8 Å². The van der Waals surface area contributed by atoms with Crippen molar-refractivity contribution >= 4 is 5.91 Å². The summed E-state index contributed by atoms with van der Waals surface area (Å²) < 4.78 is 0. The molecular weight excluding hydrogens is 248 g/mol. The average molecular weight is 274 g/mol. The van der Waals surface area contributed by atoms with Crippen molar-refractivity contribution in [2.45, 2.75) is 39.7 Å². The second-order valence-electron chi connectivity index (χ2n) is 6.00. The second kappa shape index (κ2) is 7.44. The maximum Gasteiger partial charge on any atom is 0.221 e. The smallest absolute Gasteiger partial charge is 0.221 e. The van der Waals surface area contributed by atoms with Gasteiger partial charge in [-0.2, -0.15) is 0 Å².